The van der Waals surface area contributed by atoms with E-state index in [0.29, 0.717) is 0 Å². The van der Waals surface area contributed by atoms with Gasteiger partial charge in [-0.1, -0.05) is 13.8 Å². The standard InChI is InChI=1S/C6H14NO4PS.C2H6/c1-6(2,7)5(8)11-4-13-12(9)10-3;1-2/h9H,4,7H2,1-3H3;1-2H3. The molecule has 0 heterocycles. The molecule has 0 aromatic carbocycles. The van der Waals surface area contributed by atoms with Gasteiger partial charge in [-0.05, 0) is 25.2 Å². The molecule has 0 bridgehead atoms. The normalized spacial score (nSPS) is 12.5. The Morgan fingerprint density at radius 3 is 2.33 bits per heavy atom. The van der Waals surface area contributed by atoms with Crippen LogP contribution in [0.3, 0.4) is 0 Å². The number of rotatable bonds is 5. The quantitative estimate of drug-likeness (QED) is 0.444. The van der Waals surface area contributed by atoms with Gasteiger partial charge in [0.05, 0.1) is 0 Å². The molecule has 92 valence electrons. The van der Waals surface area contributed by atoms with E-state index >= 15 is 0 Å². The van der Waals surface area contributed by atoms with E-state index in [1.807, 2.05) is 13.8 Å². The molecule has 0 amide bonds. The number of hydrogen-bond donors (Lipinski definition) is 2. The monoisotopic (exact) mass is 257 g/mol. The zero-order valence-electron chi connectivity index (χ0n) is 9.81. The highest BCUT2D eigenvalue weighted by atomic mass is 32.7. The SMILES string of the molecule is CC.COP(O)SCOC(=O)C(C)(C)N. The summed E-state index contributed by atoms with van der Waals surface area (Å²) in [6.45, 7) is 7.11. The lowest BCUT2D eigenvalue weighted by molar-refractivity contribution is -0.146. The van der Waals surface area contributed by atoms with Crippen LogP contribution >= 0.6 is 19.0 Å². The summed E-state index contributed by atoms with van der Waals surface area (Å²) >= 11 is 1.02. The van der Waals surface area contributed by atoms with Crippen LogP contribution in [0.4, 0.5) is 0 Å². The number of carbonyl (C=O) groups excluding carboxylic acids is 1. The second-order valence-corrected chi connectivity index (χ2v) is 5.87. The minimum absolute atomic E-state index is 0.0511. The van der Waals surface area contributed by atoms with Gasteiger partial charge < -0.3 is 19.9 Å². The lowest BCUT2D eigenvalue weighted by Gasteiger charge is -2.16. The minimum atomic E-state index is -1.55. The molecular formula is C8H20NO4PS. The summed E-state index contributed by atoms with van der Waals surface area (Å²) in [5.41, 5.74) is 4.46. The molecule has 0 fully saturated rings. The highest BCUT2D eigenvalue weighted by molar-refractivity contribution is 8.52. The van der Waals surface area contributed by atoms with Crippen molar-refractivity contribution in [3.8, 4) is 0 Å². The molecule has 1 atom stereocenters. The average Bonchev–Trinajstić information content (AvgIpc) is 2.19. The maximum atomic E-state index is 11.1. The van der Waals surface area contributed by atoms with Gasteiger partial charge >= 0.3 is 5.97 Å². The minimum Gasteiger partial charge on any atom is -0.453 e. The van der Waals surface area contributed by atoms with Crippen LogP contribution in [0.15, 0.2) is 0 Å². The van der Waals surface area contributed by atoms with E-state index in [0.717, 1.165) is 11.4 Å². The Labute approximate surface area is 96.4 Å². The fourth-order valence-corrected chi connectivity index (χ4v) is 1.46. The molecule has 0 aromatic rings. The van der Waals surface area contributed by atoms with E-state index in [-0.39, 0.29) is 5.94 Å². The molecule has 0 aliphatic rings. The largest absolute Gasteiger partial charge is 0.453 e. The lowest BCUT2D eigenvalue weighted by Crippen LogP contribution is -2.42. The molecule has 0 rings (SSSR count). The maximum Gasteiger partial charge on any atom is 0.326 e. The van der Waals surface area contributed by atoms with Gasteiger partial charge in [-0.3, -0.25) is 4.79 Å². The van der Waals surface area contributed by atoms with Crippen molar-refractivity contribution in [2.45, 2.75) is 33.2 Å². The molecule has 1 unspecified atom stereocenters. The van der Waals surface area contributed by atoms with Gasteiger partial charge in [-0.15, -0.1) is 0 Å². The van der Waals surface area contributed by atoms with Gasteiger partial charge in [0.15, 0.2) is 0 Å². The van der Waals surface area contributed by atoms with Crippen molar-refractivity contribution < 1.29 is 18.9 Å². The Kier molecular flexibility index (Phi) is 10.9. The number of nitrogens with two attached hydrogens (primary N) is 1. The molecule has 5 nitrogen and oxygen atoms in total. The first-order valence-electron chi connectivity index (χ1n) is 4.50. The Bertz CT molecular complexity index is 175. The maximum absolute atomic E-state index is 11.1. The van der Waals surface area contributed by atoms with Crippen molar-refractivity contribution in [2.24, 2.45) is 5.73 Å². The van der Waals surface area contributed by atoms with Crippen molar-refractivity contribution in [3.63, 3.8) is 0 Å². The predicted octanol–water partition coefficient (Wildman–Crippen LogP) is 1.85. The Balaban J connectivity index is 0. The third-order valence-corrected chi connectivity index (χ3v) is 3.22. The number of ether oxygens (including phenoxy) is 1. The van der Waals surface area contributed by atoms with Crippen LogP contribution in [0.25, 0.3) is 0 Å². The fourth-order valence-electron chi connectivity index (χ4n) is 0.364. The average molecular weight is 257 g/mol. The van der Waals surface area contributed by atoms with Gasteiger partial charge in [0, 0.05) is 7.11 Å². The molecule has 0 aliphatic heterocycles. The summed E-state index contributed by atoms with van der Waals surface area (Å²) in [4.78, 5) is 20.0. The molecule has 7 heteroatoms. The zero-order valence-corrected chi connectivity index (χ0v) is 11.5. The smallest absolute Gasteiger partial charge is 0.326 e. The van der Waals surface area contributed by atoms with Gasteiger partial charge in [-0.2, -0.15) is 0 Å². The number of carbonyl (C=O) groups is 1. The summed E-state index contributed by atoms with van der Waals surface area (Å²) in [6, 6.07) is 0. The third kappa shape index (κ3) is 10.4. The fraction of sp³-hybridized carbons (Fsp3) is 0.875. The summed E-state index contributed by atoms with van der Waals surface area (Å²) in [5, 5.41) is 0. The molecule has 0 spiro atoms. The van der Waals surface area contributed by atoms with Crippen LogP contribution in [0.2, 0.25) is 0 Å². The van der Waals surface area contributed by atoms with Crippen LogP contribution in [0.1, 0.15) is 27.7 Å². The van der Waals surface area contributed by atoms with E-state index in [9.17, 15) is 4.79 Å². The summed E-state index contributed by atoms with van der Waals surface area (Å²) in [7, 11) is -0.164. The van der Waals surface area contributed by atoms with Crippen LogP contribution in [0.5, 0.6) is 0 Å². The van der Waals surface area contributed by atoms with Crippen molar-refractivity contribution in [3.05, 3.63) is 0 Å². The summed E-state index contributed by atoms with van der Waals surface area (Å²) < 4.78 is 9.33. The molecule has 0 saturated carbocycles. The molecule has 0 radical (unpaired) electrons. The summed E-state index contributed by atoms with van der Waals surface area (Å²) in [6.07, 6.45) is 0. The number of esters is 1. The Morgan fingerprint density at radius 2 is 2.00 bits per heavy atom. The first-order valence-corrected chi connectivity index (χ1v) is 7.30. The second-order valence-electron chi connectivity index (χ2n) is 2.82. The van der Waals surface area contributed by atoms with Crippen molar-refractivity contribution in [1.29, 1.82) is 0 Å². The first-order chi connectivity index (χ1) is 6.88. The first kappa shape index (κ1) is 17.5. The van der Waals surface area contributed by atoms with E-state index in [1.165, 1.54) is 7.11 Å². The van der Waals surface area contributed by atoms with E-state index in [4.69, 9.17) is 15.4 Å². The topological polar surface area (TPSA) is 81.8 Å². The van der Waals surface area contributed by atoms with Crippen molar-refractivity contribution in [1.82, 2.24) is 0 Å². The zero-order chi connectivity index (χ0) is 12.5. The van der Waals surface area contributed by atoms with Crippen LogP contribution < -0.4 is 5.73 Å². The molecule has 0 aliphatic carbocycles. The predicted molar refractivity (Wildman–Crippen MR) is 64.3 cm³/mol. The molecule has 0 saturated heterocycles. The Hall–Kier alpha value is 0.130. The number of hydrogen-bond acceptors (Lipinski definition) is 6. The molecule has 3 N–H and O–H groups in total. The van der Waals surface area contributed by atoms with Gasteiger partial charge in [0.2, 0.25) is 7.58 Å². The van der Waals surface area contributed by atoms with E-state index < -0.39 is 19.1 Å². The molecular weight excluding hydrogens is 237 g/mol. The lowest BCUT2D eigenvalue weighted by atomic mass is 10.1. The van der Waals surface area contributed by atoms with E-state index in [1.54, 1.807) is 13.8 Å². The van der Waals surface area contributed by atoms with Crippen molar-refractivity contribution in [2.75, 3.05) is 13.0 Å². The van der Waals surface area contributed by atoms with Crippen LogP contribution in [0, 0.1) is 0 Å². The highest BCUT2D eigenvalue weighted by Gasteiger charge is 2.23. The second kappa shape index (κ2) is 9.36. The van der Waals surface area contributed by atoms with Crippen LogP contribution in [-0.2, 0) is 14.1 Å². The van der Waals surface area contributed by atoms with Gasteiger partial charge in [0.25, 0.3) is 0 Å². The van der Waals surface area contributed by atoms with Crippen LogP contribution in [-0.4, -0.2) is 29.5 Å². The van der Waals surface area contributed by atoms with Crippen molar-refractivity contribution >= 4 is 24.9 Å². The molecule has 15 heavy (non-hydrogen) atoms. The van der Waals surface area contributed by atoms with Gasteiger partial charge in [-0.25, -0.2) is 0 Å². The summed E-state index contributed by atoms with van der Waals surface area (Å²) in [5.74, 6) is -0.449. The Morgan fingerprint density at radius 1 is 1.53 bits per heavy atom. The third-order valence-electron chi connectivity index (χ3n) is 1.04. The molecule has 0 aromatic heterocycles. The highest BCUT2D eigenvalue weighted by Crippen LogP contribution is 2.45. The van der Waals surface area contributed by atoms with E-state index in [2.05, 4.69) is 4.52 Å². The van der Waals surface area contributed by atoms with Gasteiger partial charge in [0.1, 0.15) is 11.5 Å².